The van der Waals surface area contributed by atoms with Gasteiger partial charge in [-0.25, -0.2) is 0 Å². The molecule has 8 nitrogen and oxygen atoms in total. The van der Waals surface area contributed by atoms with E-state index in [0.717, 1.165) is 49.8 Å². The zero-order valence-electron chi connectivity index (χ0n) is 21.6. The zero-order chi connectivity index (χ0) is 25.5. The van der Waals surface area contributed by atoms with Crippen molar-refractivity contribution >= 4 is 11.8 Å². The summed E-state index contributed by atoms with van der Waals surface area (Å²) >= 11 is 0. The van der Waals surface area contributed by atoms with Crippen LogP contribution < -0.4 is 20.5 Å². The quantitative estimate of drug-likeness (QED) is 0.454. The smallest absolute Gasteiger partial charge is 0.272 e. The number of nitrogens with one attached hydrogen (secondary N) is 1. The third-order valence-corrected chi connectivity index (χ3v) is 7.75. The number of carbonyl (C=O) groups is 2. The zero-order valence-corrected chi connectivity index (χ0v) is 21.6. The highest BCUT2D eigenvalue weighted by atomic mass is 16.5. The fourth-order valence-electron chi connectivity index (χ4n) is 5.86. The van der Waals surface area contributed by atoms with Crippen molar-refractivity contribution in [2.24, 2.45) is 11.7 Å². The Hall–Kier alpha value is -3.03. The first kappa shape index (κ1) is 26.0. The molecule has 4 rings (SSSR count). The second-order valence-electron chi connectivity index (χ2n) is 10.3. The number of ether oxygens (including phenoxy) is 2. The molecule has 1 aromatic heterocycles. The van der Waals surface area contributed by atoms with Gasteiger partial charge in [-0.2, -0.15) is 5.10 Å². The molecular formula is C28H40N4O4. The third kappa shape index (κ3) is 6.20. The molecule has 2 aromatic rings. The maximum Gasteiger partial charge on any atom is 0.272 e. The van der Waals surface area contributed by atoms with Gasteiger partial charge in [-0.3, -0.25) is 14.3 Å². The summed E-state index contributed by atoms with van der Waals surface area (Å²) in [6.45, 7) is 0. The fourth-order valence-corrected chi connectivity index (χ4v) is 5.86. The molecule has 196 valence electrons. The SMILES string of the molecule is COc1cccc(OC)c1-c1cc(C(=O)N[C@@H](CCC2CCCCC2)CC(N)=O)nn1C1CCCC1. The van der Waals surface area contributed by atoms with Crippen molar-refractivity contribution in [3.05, 3.63) is 30.0 Å². The molecular weight excluding hydrogens is 456 g/mol. The predicted molar refractivity (Wildman–Crippen MR) is 139 cm³/mol. The van der Waals surface area contributed by atoms with Crippen LogP contribution in [-0.4, -0.2) is 41.9 Å². The van der Waals surface area contributed by atoms with Crippen molar-refractivity contribution in [1.82, 2.24) is 15.1 Å². The number of aromatic nitrogens is 2. The maximum absolute atomic E-state index is 13.4. The van der Waals surface area contributed by atoms with Crippen molar-refractivity contribution in [2.45, 2.75) is 89.1 Å². The summed E-state index contributed by atoms with van der Waals surface area (Å²) in [5.74, 6) is 1.31. The molecule has 0 spiro atoms. The van der Waals surface area contributed by atoms with Gasteiger partial charge in [0.05, 0.1) is 31.5 Å². The summed E-state index contributed by atoms with van der Waals surface area (Å²) in [6.07, 6.45) is 12.5. The van der Waals surface area contributed by atoms with Gasteiger partial charge in [-0.05, 0) is 49.8 Å². The second-order valence-corrected chi connectivity index (χ2v) is 10.3. The Morgan fingerprint density at radius 2 is 1.69 bits per heavy atom. The Balaban J connectivity index is 1.60. The van der Waals surface area contributed by atoms with Crippen LogP contribution >= 0.6 is 0 Å². The minimum atomic E-state index is -0.403. The number of benzene rings is 1. The summed E-state index contributed by atoms with van der Waals surface area (Å²) in [5, 5.41) is 7.84. The highest BCUT2D eigenvalue weighted by Gasteiger charge is 2.28. The van der Waals surface area contributed by atoms with Gasteiger partial charge in [0.2, 0.25) is 5.91 Å². The maximum atomic E-state index is 13.4. The van der Waals surface area contributed by atoms with E-state index in [1.807, 2.05) is 28.9 Å². The van der Waals surface area contributed by atoms with Crippen LogP contribution in [0.15, 0.2) is 24.3 Å². The van der Waals surface area contributed by atoms with E-state index in [0.29, 0.717) is 23.1 Å². The lowest BCUT2D eigenvalue weighted by atomic mass is 9.85. The molecule has 2 aliphatic rings. The number of nitrogens with zero attached hydrogens (tertiary/aromatic N) is 2. The lowest BCUT2D eigenvalue weighted by molar-refractivity contribution is -0.118. The fraction of sp³-hybridized carbons (Fsp3) is 0.607. The first-order valence-corrected chi connectivity index (χ1v) is 13.4. The Bertz CT molecular complexity index is 1020. The highest BCUT2D eigenvalue weighted by Crippen LogP contribution is 2.41. The number of methoxy groups -OCH3 is 2. The van der Waals surface area contributed by atoms with Crippen LogP contribution in [-0.2, 0) is 4.79 Å². The molecule has 2 saturated carbocycles. The van der Waals surface area contributed by atoms with E-state index < -0.39 is 5.91 Å². The molecule has 8 heteroatoms. The first-order valence-electron chi connectivity index (χ1n) is 13.4. The molecule has 1 aromatic carbocycles. The average molecular weight is 497 g/mol. The molecule has 0 aliphatic heterocycles. The number of rotatable bonds is 11. The van der Waals surface area contributed by atoms with Crippen LogP contribution in [0.4, 0.5) is 0 Å². The Morgan fingerprint density at radius 3 is 2.31 bits per heavy atom. The predicted octanol–water partition coefficient (Wildman–Crippen LogP) is 5.02. The van der Waals surface area contributed by atoms with Crippen LogP contribution in [0.1, 0.15) is 93.6 Å². The highest BCUT2D eigenvalue weighted by molar-refractivity contribution is 5.94. The van der Waals surface area contributed by atoms with Crippen molar-refractivity contribution < 1.29 is 19.1 Å². The summed E-state index contributed by atoms with van der Waals surface area (Å²) in [6, 6.07) is 7.39. The summed E-state index contributed by atoms with van der Waals surface area (Å²) in [5.41, 5.74) is 7.45. The van der Waals surface area contributed by atoms with E-state index in [1.165, 1.54) is 32.1 Å². The first-order chi connectivity index (χ1) is 17.5. The topological polar surface area (TPSA) is 108 Å². The number of hydrogen-bond acceptors (Lipinski definition) is 5. The van der Waals surface area contributed by atoms with Gasteiger partial charge in [0.1, 0.15) is 11.5 Å². The summed E-state index contributed by atoms with van der Waals surface area (Å²) < 4.78 is 13.3. The largest absolute Gasteiger partial charge is 0.496 e. The monoisotopic (exact) mass is 496 g/mol. The molecule has 1 atom stereocenters. The number of carbonyl (C=O) groups excluding carboxylic acids is 2. The third-order valence-electron chi connectivity index (χ3n) is 7.75. The molecule has 2 fully saturated rings. The molecule has 0 bridgehead atoms. The van der Waals surface area contributed by atoms with Crippen molar-refractivity contribution in [3.8, 4) is 22.8 Å². The normalized spacial score (nSPS) is 17.6. The van der Waals surface area contributed by atoms with Crippen LogP contribution in [0.5, 0.6) is 11.5 Å². The Morgan fingerprint density at radius 1 is 1.06 bits per heavy atom. The summed E-state index contributed by atoms with van der Waals surface area (Å²) in [7, 11) is 3.26. The van der Waals surface area contributed by atoms with Crippen LogP contribution in [0, 0.1) is 5.92 Å². The van der Waals surface area contributed by atoms with Crippen LogP contribution in [0.2, 0.25) is 0 Å². The number of hydrogen-bond donors (Lipinski definition) is 2. The van der Waals surface area contributed by atoms with Crippen molar-refractivity contribution in [1.29, 1.82) is 0 Å². The minimum Gasteiger partial charge on any atom is -0.496 e. The van der Waals surface area contributed by atoms with E-state index in [2.05, 4.69) is 5.32 Å². The van der Waals surface area contributed by atoms with Crippen LogP contribution in [0.25, 0.3) is 11.3 Å². The standard InChI is InChI=1S/C28H40N4O4/c1-35-24-13-8-14-25(36-2)27(24)23-18-22(31-32(23)21-11-6-7-12-21)28(34)30-20(17-26(29)33)16-15-19-9-4-3-5-10-19/h8,13-14,18-21H,3-7,9-12,15-17H2,1-2H3,(H2,29,33)(H,30,34)/t20-/m0/s1. The molecule has 3 N–H and O–H groups in total. The second kappa shape index (κ2) is 12.3. The van der Waals surface area contributed by atoms with E-state index in [9.17, 15) is 9.59 Å². The van der Waals surface area contributed by atoms with Gasteiger partial charge in [0.15, 0.2) is 5.69 Å². The summed E-state index contributed by atoms with van der Waals surface area (Å²) in [4.78, 5) is 25.2. The van der Waals surface area contributed by atoms with E-state index in [4.69, 9.17) is 20.3 Å². The number of nitrogens with two attached hydrogens (primary N) is 1. The van der Waals surface area contributed by atoms with Gasteiger partial charge in [0.25, 0.3) is 5.91 Å². The number of primary amides is 1. The molecule has 1 heterocycles. The average Bonchev–Trinajstić information content (AvgIpc) is 3.57. The lowest BCUT2D eigenvalue weighted by Gasteiger charge is -2.24. The molecule has 0 saturated heterocycles. The van der Waals surface area contributed by atoms with Crippen molar-refractivity contribution in [2.75, 3.05) is 14.2 Å². The molecule has 0 unspecified atom stereocenters. The Kier molecular flexibility index (Phi) is 8.88. The molecule has 2 amide bonds. The van der Waals surface area contributed by atoms with Gasteiger partial charge < -0.3 is 20.5 Å². The van der Waals surface area contributed by atoms with Crippen molar-refractivity contribution in [3.63, 3.8) is 0 Å². The van der Waals surface area contributed by atoms with Gasteiger partial charge in [-0.1, -0.05) is 51.0 Å². The molecule has 36 heavy (non-hydrogen) atoms. The van der Waals surface area contributed by atoms with E-state index in [-0.39, 0.29) is 24.4 Å². The molecule has 2 aliphatic carbocycles. The van der Waals surface area contributed by atoms with Gasteiger partial charge >= 0.3 is 0 Å². The van der Waals surface area contributed by atoms with Gasteiger partial charge in [-0.15, -0.1) is 0 Å². The van der Waals surface area contributed by atoms with E-state index in [1.54, 1.807) is 14.2 Å². The Labute approximate surface area is 213 Å². The van der Waals surface area contributed by atoms with Crippen LogP contribution in [0.3, 0.4) is 0 Å². The van der Waals surface area contributed by atoms with E-state index >= 15 is 0 Å². The lowest BCUT2D eigenvalue weighted by Crippen LogP contribution is -2.38. The minimum absolute atomic E-state index is 0.134. The van der Waals surface area contributed by atoms with Gasteiger partial charge in [0, 0.05) is 12.5 Å². The number of amides is 2. The molecule has 0 radical (unpaired) electrons.